The number of hydrogen-bond acceptors (Lipinski definition) is 2. The molecule has 2 heterocycles. The van der Waals surface area contributed by atoms with Gasteiger partial charge in [0.1, 0.15) is 0 Å². The lowest BCUT2D eigenvalue weighted by Gasteiger charge is -2.20. The fourth-order valence-electron chi connectivity index (χ4n) is 5.67. The van der Waals surface area contributed by atoms with E-state index in [1.165, 1.54) is 63.8 Å². The van der Waals surface area contributed by atoms with Crippen molar-refractivity contribution in [1.82, 2.24) is 4.57 Å². The van der Waals surface area contributed by atoms with Gasteiger partial charge in [-0.15, -0.1) is 0 Å². The van der Waals surface area contributed by atoms with Crippen LogP contribution in [0.1, 0.15) is 0 Å². The largest absolute Gasteiger partial charge is 0.309 e. The third-order valence-corrected chi connectivity index (χ3v) is 10.7. The quantitative estimate of drug-likeness (QED) is 0.188. The molecule has 0 N–H and O–H groups in total. The standard InChI is InChI=1S/C36H21BrClNS2/c37-26-16-25(17-27(38)21-26)24-12-15-34-36(20-24)41-33-14-11-23(19-35(33)40-34)22-10-13-30-29-8-4-5-9-31(29)39(32(30)18-22)28-6-2-1-3-7-28/h1-21H. The monoisotopic (exact) mass is 645 g/mol. The zero-order chi connectivity index (χ0) is 27.5. The van der Waals surface area contributed by atoms with Gasteiger partial charge in [-0.05, 0) is 89.0 Å². The molecule has 196 valence electrons. The summed E-state index contributed by atoms with van der Waals surface area (Å²) in [5.74, 6) is 0. The molecule has 0 bridgehead atoms. The highest BCUT2D eigenvalue weighted by atomic mass is 79.9. The van der Waals surface area contributed by atoms with Crippen LogP contribution in [0.3, 0.4) is 0 Å². The van der Waals surface area contributed by atoms with E-state index in [0.717, 1.165) is 15.1 Å². The molecule has 0 unspecified atom stereocenters. The molecular formula is C36H21BrClNS2. The van der Waals surface area contributed by atoms with Gasteiger partial charge >= 0.3 is 0 Å². The van der Waals surface area contributed by atoms with Crippen LogP contribution in [0.4, 0.5) is 0 Å². The van der Waals surface area contributed by atoms with Crippen molar-refractivity contribution in [3.05, 3.63) is 137 Å². The minimum Gasteiger partial charge on any atom is -0.309 e. The van der Waals surface area contributed by atoms with E-state index in [-0.39, 0.29) is 0 Å². The number of benzene rings is 6. The van der Waals surface area contributed by atoms with Crippen LogP contribution in [0.2, 0.25) is 5.02 Å². The Morgan fingerprint density at radius 2 is 1.10 bits per heavy atom. The highest BCUT2D eigenvalue weighted by Gasteiger charge is 2.19. The van der Waals surface area contributed by atoms with Gasteiger partial charge in [0.25, 0.3) is 0 Å². The summed E-state index contributed by atoms with van der Waals surface area (Å²) >= 11 is 13.6. The Bertz CT molecular complexity index is 2110. The second-order valence-electron chi connectivity index (χ2n) is 10.1. The minimum absolute atomic E-state index is 0.731. The maximum Gasteiger partial charge on any atom is 0.0547 e. The summed E-state index contributed by atoms with van der Waals surface area (Å²) in [5, 5.41) is 3.28. The number of hydrogen-bond donors (Lipinski definition) is 0. The van der Waals surface area contributed by atoms with Crippen LogP contribution in [0.25, 0.3) is 49.7 Å². The van der Waals surface area contributed by atoms with Gasteiger partial charge in [0.2, 0.25) is 0 Å². The highest BCUT2D eigenvalue weighted by Crippen LogP contribution is 2.50. The summed E-state index contributed by atoms with van der Waals surface area (Å²) in [5.41, 5.74) is 8.36. The predicted molar refractivity (Wildman–Crippen MR) is 179 cm³/mol. The average Bonchev–Trinajstić information content (AvgIpc) is 3.33. The van der Waals surface area contributed by atoms with Gasteiger partial charge in [-0.1, -0.05) is 112 Å². The molecule has 0 saturated carbocycles. The number of aromatic nitrogens is 1. The van der Waals surface area contributed by atoms with Crippen LogP contribution in [0.15, 0.2) is 151 Å². The SMILES string of the molecule is Clc1cc(Br)cc(-c2ccc3c(c2)Sc2ccc(-c4ccc5c6ccccc6n(-c6ccccc6)c5c4)cc2S3)c1. The fourth-order valence-corrected chi connectivity index (χ4v) is 8.80. The van der Waals surface area contributed by atoms with Crippen molar-refractivity contribution in [2.24, 2.45) is 0 Å². The summed E-state index contributed by atoms with van der Waals surface area (Å²) in [4.78, 5) is 5.14. The molecule has 0 spiro atoms. The molecule has 0 saturated heterocycles. The van der Waals surface area contributed by atoms with Crippen LogP contribution in [0, 0.1) is 0 Å². The molecule has 8 rings (SSSR count). The first-order valence-electron chi connectivity index (χ1n) is 13.3. The molecule has 1 aromatic heterocycles. The van der Waals surface area contributed by atoms with Crippen molar-refractivity contribution in [1.29, 1.82) is 0 Å². The van der Waals surface area contributed by atoms with E-state index in [1.807, 2.05) is 35.7 Å². The van der Waals surface area contributed by atoms with Crippen molar-refractivity contribution in [3.8, 4) is 27.9 Å². The van der Waals surface area contributed by atoms with Crippen molar-refractivity contribution >= 4 is 72.9 Å². The first-order valence-corrected chi connectivity index (χ1v) is 16.1. The molecule has 6 aromatic carbocycles. The highest BCUT2D eigenvalue weighted by molar-refractivity contribution is 9.10. The molecule has 1 nitrogen and oxygen atoms in total. The first-order chi connectivity index (χ1) is 20.1. The van der Waals surface area contributed by atoms with Gasteiger partial charge in [0.05, 0.1) is 11.0 Å². The van der Waals surface area contributed by atoms with Crippen molar-refractivity contribution in [2.75, 3.05) is 0 Å². The topological polar surface area (TPSA) is 4.93 Å². The minimum atomic E-state index is 0.731. The normalized spacial score (nSPS) is 12.4. The molecule has 41 heavy (non-hydrogen) atoms. The van der Waals surface area contributed by atoms with Gasteiger partial charge in [-0.3, -0.25) is 0 Å². The molecule has 0 atom stereocenters. The Balaban J connectivity index is 1.18. The number of halogens is 2. The fraction of sp³-hybridized carbons (Fsp3) is 0. The molecule has 0 amide bonds. The van der Waals surface area contributed by atoms with E-state index in [1.54, 1.807) is 0 Å². The number of fused-ring (bicyclic) bond motifs is 5. The Kier molecular flexibility index (Phi) is 6.26. The summed E-state index contributed by atoms with van der Waals surface area (Å²) < 4.78 is 3.36. The maximum atomic E-state index is 6.33. The van der Waals surface area contributed by atoms with Crippen LogP contribution < -0.4 is 0 Å². The van der Waals surface area contributed by atoms with E-state index >= 15 is 0 Å². The lowest BCUT2D eigenvalue weighted by atomic mass is 10.0. The number of para-hydroxylation sites is 2. The van der Waals surface area contributed by atoms with Crippen LogP contribution in [0.5, 0.6) is 0 Å². The summed E-state index contributed by atoms with van der Waals surface area (Å²) in [6, 6.07) is 45.8. The van der Waals surface area contributed by atoms with Crippen molar-refractivity contribution < 1.29 is 0 Å². The van der Waals surface area contributed by atoms with Crippen LogP contribution in [-0.4, -0.2) is 4.57 Å². The lowest BCUT2D eigenvalue weighted by molar-refractivity contribution is 1.16. The van der Waals surface area contributed by atoms with Gasteiger partial charge in [-0.25, -0.2) is 0 Å². The van der Waals surface area contributed by atoms with Crippen LogP contribution in [-0.2, 0) is 0 Å². The maximum absolute atomic E-state index is 6.33. The Morgan fingerprint density at radius 3 is 1.83 bits per heavy atom. The molecule has 1 aliphatic heterocycles. The van der Waals surface area contributed by atoms with E-state index in [0.29, 0.717) is 0 Å². The van der Waals surface area contributed by atoms with Crippen molar-refractivity contribution in [2.45, 2.75) is 19.6 Å². The molecule has 7 aromatic rings. The molecule has 5 heteroatoms. The molecule has 0 fully saturated rings. The lowest BCUT2D eigenvalue weighted by Crippen LogP contribution is -1.94. The van der Waals surface area contributed by atoms with Gasteiger partial charge in [0, 0.05) is 45.5 Å². The van der Waals surface area contributed by atoms with Gasteiger partial charge in [0.15, 0.2) is 0 Å². The third kappa shape index (κ3) is 4.50. The number of nitrogens with zero attached hydrogens (tertiary/aromatic N) is 1. The average molecular weight is 647 g/mol. The Labute approximate surface area is 260 Å². The van der Waals surface area contributed by atoms with E-state index in [4.69, 9.17) is 11.6 Å². The van der Waals surface area contributed by atoms with Crippen molar-refractivity contribution in [3.63, 3.8) is 0 Å². The predicted octanol–water partition coefficient (Wildman–Crippen LogP) is 12.1. The second-order valence-corrected chi connectivity index (χ2v) is 13.6. The third-order valence-electron chi connectivity index (χ3n) is 7.54. The van der Waals surface area contributed by atoms with Crippen LogP contribution >= 0.6 is 51.1 Å². The summed E-state index contributed by atoms with van der Waals surface area (Å²) in [6.07, 6.45) is 0. The van der Waals surface area contributed by atoms with E-state index in [2.05, 4.69) is 136 Å². The second kappa shape index (κ2) is 10.1. The molecular weight excluding hydrogens is 626 g/mol. The number of rotatable bonds is 3. The smallest absolute Gasteiger partial charge is 0.0547 e. The zero-order valence-corrected chi connectivity index (χ0v) is 25.6. The van der Waals surface area contributed by atoms with Gasteiger partial charge < -0.3 is 4.57 Å². The zero-order valence-electron chi connectivity index (χ0n) is 21.6. The Morgan fingerprint density at radius 1 is 0.488 bits per heavy atom. The molecule has 0 radical (unpaired) electrons. The first kappa shape index (κ1) is 25.3. The molecule has 0 aliphatic carbocycles. The Hall–Kier alpha value is -3.41. The van der Waals surface area contributed by atoms with E-state index in [9.17, 15) is 0 Å². The summed E-state index contributed by atoms with van der Waals surface area (Å²) in [6.45, 7) is 0. The molecule has 1 aliphatic rings. The summed E-state index contributed by atoms with van der Waals surface area (Å²) in [7, 11) is 0. The van der Waals surface area contributed by atoms with E-state index < -0.39 is 0 Å². The van der Waals surface area contributed by atoms with Gasteiger partial charge in [-0.2, -0.15) is 0 Å².